The van der Waals surface area contributed by atoms with Crippen molar-refractivity contribution in [1.82, 2.24) is 24.7 Å². The fourth-order valence-corrected chi connectivity index (χ4v) is 3.63. The number of fused-ring (bicyclic) bond motifs is 2. The van der Waals surface area contributed by atoms with Crippen LogP contribution in [-0.4, -0.2) is 31.3 Å². The number of nitrogens with zero attached hydrogens (tertiary/aromatic N) is 6. The number of hydrogen-bond donors (Lipinski definition) is 1. The van der Waals surface area contributed by atoms with E-state index in [0.29, 0.717) is 11.5 Å². The van der Waals surface area contributed by atoms with Crippen LogP contribution in [0, 0.1) is 0 Å². The van der Waals surface area contributed by atoms with E-state index in [9.17, 15) is 0 Å². The van der Waals surface area contributed by atoms with Crippen LogP contribution in [0.2, 0.25) is 0 Å². The van der Waals surface area contributed by atoms with Gasteiger partial charge in [-0.05, 0) is 29.3 Å². The molecule has 7 heteroatoms. The van der Waals surface area contributed by atoms with Gasteiger partial charge in [0.25, 0.3) is 0 Å². The molecule has 7 nitrogen and oxygen atoms in total. The third kappa shape index (κ3) is 2.36. The molecule has 0 spiro atoms. The summed E-state index contributed by atoms with van der Waals surface area (Å²) < 4.78 is 2.00. The molecule has 128 valence electrons. The molecule has 0 radical (unpaired) electrons. The van der Waals surface area contributed by atoms with E-state index >= 15 is 0 Å². The molecule has 2 N–H and O–H groups in total. The molecular weight excluding hydrogens is 326 g/mol. The zero-order valence-electron chi connectivity index (χ0n) is 14.0. The summed E-state index contributed by atoms with van der Waals surface area (Å²) in [5.41, 5.74) is 8.99. The molecule has 0 aliphatic carbocycles. The van der Waals surface area contributed by atoms with Gasteiger partial charge in [-0.1, -0.05) is 24.3 Å². The third-order valence-electron chi connectivity index (χ3n) is 4.81. The summed E-state index contributed by atoms with van der Waals surface area (Å²) in [6, 6.07) is 14.3. The number of nitrogens with two attached hydrogens (primary N) is 1. The Morgan fingerprint density at radius 2 is 1.96 bits per heavy atom. The molecule has 1 unspecified atom stereocenters. The maximum atomic E-state index is 5.81. The average molecular weight is 343 g/mol. The number of rotatable bonds is 2. The van der Waals surface area contributed by atoms with E-state index in [1.54, 1.807) is 12.4 Å². The fourth-order valence-electron chi connectivity index (χ4n) is 3.63. The molecule has 1 aliphatic rings. The van der Waals surface area contributed by atoms with Crippen LogP contribution < -0.4 is 10.6 Å². The molecule has 5 rings (SSSR count). The highest BCUT2D eigenvalue weighted by molar-refractivity contribution is 5.87. The SMILES string of the molecule is Nc1ccc2c(N3Cc4ccccc4C(n4cccn4)C3)ncnc2n1. The average Bonchev–Trinajstić information content (AvgIpc) is 3.21. The Hall–Kier alpha value is -3.48. The first kappa shape index (κ1) is 14.8. The third-order valence-corrected chi connectivity index (χ3v) is 4.81. The van der Waals surface area contributed by atoms with Crippen molar-refractivity contribution in [1.29, 1.82) is 0 Å². The predicted molar refractivity (Wildman–Crippen MR) is 99.6 cm³/mol. The van der Waals surface area contributed by atoms with Crippen molar-refractivity contribution in [3.63, 3.8) is 0 Å². The van der Waals surface area contributed by atoms with Crippen molar-refractivity contribution in [2.24, 2.45) is 0 Å². The number of anilines is 2. The van der Waals surface area contributed by atoms with E-state index in [1.165, 1.54) is 11.1 Å². The first-order valence-electron chi connectivity index (χ1n) is 8.49. The van der Waals surface area contributed by atoms with Crippen LogP contribution in [0.5, 0.6) is 0 Å². The normalized spacial score (nSPS) is 16.6. The second-order valence-corrected chi connectivity index (χ2v) is 6.39. The quantitative estimate of drug-likeness (QED) is 0.601. The van der Waals surface area contributed by atoms with Gasteiger partial charge in [-0.3, -0.25) is 4.68 Å². The summed E-state index contributed by atoms with van der Waals surface area (Å²) in [6.45, 7) is 1.56. The van der Waals surface area contributed by atoms with E-state index in [1.807, 2.05) is 29.2 Å². The molecule has 0 saturated carbocycles. The summed E-state index contributed by atoms with van der Waals surface area (Å²) in [4.78, 5) is 15.4. The van der Waals surface area contributed by atoms with Crippen molar-refractivity contribution in [3.8, 4) is 0 Å². The molecule has 4 aromatic rings. The summed E-state index contributed by atoms with van der Waals surface area (Å²) in [5, 5.41) is 5.37. The minimum Gasteiger partial charge on any atom is -0.384 e. The van der Waals surface area contributed by atoms with E-state index in [2.05, 4.69) is 49.2 Å². The summed E-state index contributed by atoms with van der Waals surface area (Å²) in [5.74, 6) is 1.33. The lowest BCUT2D eigenvalue weighted by Crippen LogP contribution is -2.37. The Balaban J connectivity index is 1.63. The minimum atomic E-state index is 0.127. The van der Waals surface area contributed by atoms with Gasteiger partial charge in [0.2, 0.25) is 0 Å². The smallest absolute Gasteiger partial charge is 0.166 e. The van der Waals surface area contributed by atoms with Gasteiger partial charge in [-0.25, -0.2) is 15.0 Å². The highest BCUT2D eigenvalue weighted by Crippen LogP contribution is 2.33. The molecule has 1 atom stereocenters. The molecule has 1 aliphatic heterocycles. The minimum absolute atomic E-state index is 0.127. The van der Waals surface area contributed by atoms with Crippen LogP contribution in [0.3, 0.4) is 0 Å². The van der Waals surface area contributed by atoms with Gasteiger partial charge in [0.15, 0.2) is 5.65 Å². The van der Waals surface area contributed by atoms with Crippen LogP contribution in [-0.2, 0) is 6.54 Å². The van der Waals surface area contributed by atoms with Crippen molar-refractivity contribution < 1.29 is 0 Å². The number of pyridine rings is 1. The Bertz CT molecular complexity index is 1070. The molecular formula is C19H17N7. The number of hydrogen-bond acceptors (Lipinski definition) is 6. The van der Waals surface area contributed by atoms with Gasteiger partial charge in [0.05, 0.1) is 11.4 Å². The highest BCUT2D eigenvalue weighted by Gasteiger charge is 2.28. The van der Waals surface area contributed by atoms with Gasteiger partial charge in [-0.2, -0.15) is 5.10 Å². The largest absolute Gasteiger partial charge is 0.384 e. The maximum Gasteiger partial charge on any atom is 0.166 e. The summed E-state index contributed by atoms with van der Waals surface area (Å²) >= 11 is 0. The van der Waals surface area contributed by atoms with Gasteiger partial charge in [0.1, 0.15) is 18.0 Å². The van der Waals surface area contributed by atoms with Gasteiger partial charge >= 0.3 is 0 Å². The van der Waals surface area contributed by atoms with Crippen LogP contribution in [0.4, 0.5) is 11.6 Å². The standard InChI is InChI=1S/C19H17N7/c20-17-7-6-15-18(24-17)21-12-22-19(15)25-10-13-4-1-2-5-14(13)16(11-25)26-9-3-8-23-26/h1-9,12,16H,10-11H2,(H2,20,21,22,24). The van der Waals surface area contributed by atoms with Gasteiger partial charge in [-0.15, -0.1) is 0 Å². The van der Waals surface area contributed by atoms with Crippen LogP contribution >= 0.6 is 0 Å². The Kier molecular flexibility index (Phi) is 3.31. The zero-order chi connectivity index (χ0) is 17.5. The first-order chi connectivity index (χ1) is 12.8. The number of aromatic nitrogens is 5. The second-order valence-electron chi connectivity index (χ2n) is 6.39. The molecule has 4 heterocycles. The molecule has 0 bridgehead atoms. The lowest BCUT2D eigenvalue weighted by atomic mass is 9.95. The lowest BCUT2D eigenvalue weighted by Gasteiger charge is -2.35. The van der Waals surface area contributed by atoms with Gasteiger partial charge in [0, 0.05) is 25.5 Å². The number of nitrogen functional groups attached to an aromatic ring is 1. The van der Waals surface area contributed by atoms with E-state index in [4.69, 9.17) is 5.73 Å². The van der Waals surface area contributed by atoms with Crippen molar-refractivity contribution in [2.45, 2.75) is 12.6 Å². The topological polar surface area (TPSA) is 85.8 Å². The second kappa shape index (κ2) is 5.80. The Labute approximate surface area is 150 Å². The van der Waals surface area contributed by atoms with Gasteiger partial charge < -0.3 is 10.6 Å². The molecule has 3 aromatic heterocycles. The van der Waals surface area contributed by atoms with Crippen LogP contribution in [0.15, 0.2) is 61.2 Å². The maximum absolute atomic E-state index is 5.81. The zero-order valence-corrected chi connectivity index (χ0v) is 14.0. The van der Waals surface area contributed by atoms with E-state index < -0.39 is 0 Å². The van der Waals surface area contributed by atoms with Crippen molar-refractivity contribution in [3.05, 3.63) is 72.3 Å². The molecule has 26 heavy (non-hydrogen) atoms. The van der Waals surface area contributed by atoms with E-state index in [0.717, 1.165) is 24.3 Å². The monoisotopic (exact) mass is 343 g/mol. The van der Waals surface area contributed by atoms with E-state index in [-0.39, 0.29) is 6.04 Å². The Morgan fingerprint density at radius 1 is 1.04 bits per heavy atom. The first-order valence-corrected chi connectivity index (χ1v) is 8.49. The molecule has 0 saturated heterocycles. The predicted octanol–water partition coefficient (Wildman–Crippen LogP) is 2.41. The highest BCUT2D eigenvalue weighted by atomic mass is 15.3. The molecule has 1 aromatic carbocycles. The van der Waals surface area contributed by atoms with Crippen LogP contribution in [0.25, 0.3) is 11.0 Å². The summed E-state index contributed by atoms with van der Waals surface area (Å²) in [7, 11) is 0. The van der Waals surface area contributed by atoms with Crippen molar-refractivity contribution in [2.75, 3.05) is 17.2 Å². The van der Waals surface area contributed by atoms with Crippen LogP contribution in [0.1, 0.15) is 17.2 Å². The fraction of sp³-hybridized carbons (Fsp3) is 0.158. The molecule has 0 fully saturated rings. The molecule has 0 amide bonds. The lowest BCUT2D eigenvalue weighted by molar-refractivity contribution is 0.485. The van der Waals surface area contributed by atoms with Crippen molar-refractivity contribution >= 4 is 22.7 Å². The Morgan fingerprint density at radius 3 is 2.85 bits per heavy atom. The number of benzene rings is 1. The summed E-state index contributed by atoms with van der Waals surface area (Å²) in [6.07, 6.45) is 5.37.